The minimum atomic E-state index is -0.387. The molecule has 26 heavy (non-hydrogen) atoms. The number of amides is 1. The van der Waals surface area contributed by atoms with E-state index in [2.05, 4.69) is 10.3 Å². The van der Waals surface area contributed by atoms with Gasteiger partial charge in [-0.1, -0.05) is 24.3 Å². The molecule has 1 amide bonds. The van der Waals surface area contributed by atoms with Crippen LogP contribution in [0.1, 0.15) is 12.0 Å². The van der Waals surface area contributed by atoms with Crippen molar-refractivity contribution in [3.05, 3.63) is 71.9 Å². The summed E-state index contributed by atoms with van der Waals surface area (Å²) in [5.74, 6) is -0.699. The number of likely N-dealkylation sites (tertiary alicyclic amines) is 1. The Morgan fingerprint density at radius 1 is 1.12 bits per heavy atom. The molecule has 0 bridgehead atoms. The molecule has 4 rings (SSSR count). The smallest absolute Gasteiger partial charge is 0.245 e. The fourth-order valence-electron chi connectivity index (χ4n) is 3.29. The summed E-state index contributed by atoms with van der Waals surface area (Å²) in [6.45, 7) is 1.06. The molecular formula is C20H17F2N3O. The van der Waals surface area contributed by atoms with E-state index in [1.807, 2.05) is 0 Å². The van der Waals surface area contributed by atoms with Crippen molar-refractivity contribution in [3.8, 4) is 0 Å². The van der Waals surface area contributed by atoms with Crippen molar-refractivity contribution in [2.24, 2.45) is 0 Å². The Balaban J connectivity index is 1.51. The highest BCUT2D eigenvalue weighted by atomic mass is 19.1. The first-order chi connectivity index (χ1) is 12.6. The van der Waals surface area contributed by atoms with Gasteiger partial charge in [0.2, 0.25) is 5.91 Å². The van der Waals surface area contributed by atoms with E-state index in [0.717, 1.165) is 5.56 Å². The molecule has 0 aliphatic carbocycles. The molecule has 132 valence electrons. The summed E-state index contributed by atoms with van der Waals surface area (Å²) in [6.07, 6.45) is 2.18. The van der Waals surface area contributed by atoms with E-state index < -0.39 is 0 Å². The van der Waals surface area contributed by atoms with Gasteiger partial charge >= 0.3 is 0 Å². The summed E-state index contributed by atoms with van der Waals surface area (Å²) >= 11 is 0. The number of pyridine rings is 1. The number of nitrogens with one attached hydrogen (secondary N) is 1. The topological polar surface area (TPSA) is 45.2 Å². The Morgan fingerprint density at radius 2 is 1.92 bits per heavy atom. The zero-order chi connectivity index (χ0) is 18.1. The number of para-hydroxylation sites is 1. The predicted octanol–water partition coefficient (Wildman–Crippen LogP) is 3.73. The molecule has 0 radical (unpaired) electrons. The lowest BCUT2D eigenvalue weighted by Gasteiger charge is -2.18. The third kappa shape index (κ3) is 3.10. The minimum absolute atomic E-state index is 0.0179. The van der Waals surface area contributed by atoms with Crippen LogP contribution < -0.4 is 5.32 Å². The van der Waals surface area contributed by atoms with E-state index in [4.69, 9.17) is 0 Å². The fourth-order valence-corrected chi connectivity index (χ4v) is 3.29. The summed E-state index contributed by atoms with van der Waals surface area (Å²) in [6, 6.07) is 12.3. The first-order valence-corrected chi connectivity index (χ1v) is 8.45. The normalized spacial score (nSPS) is 17.1. The second-order valence-corrected chi connectivity index (χ2v) is 6.37. The van der Waals surface area contributed by atoms with E-state index >= 15 is 0 Å². The summed E-state index contributed by atoms with van der Waals surface area (Å²) < 4.78 is 26.9. The maximum atomic E-state index is 13.9. The average Bonchev–Trinajstić information content (AvgIpc) is 2.98. The quantitative estimate of drug-likeness (QED) is 0.777. The molecular weight excluding hydrogens is 336 g/mol. The zero-order valence-corrected chi connectivity index (χ0v) is 14.0. The van der Waals surface area contributed by atoms with E-state index in [-0.39, 0.29) is 29.1 Å². The monoisotopic (exact) mass is 353 g/mol. The van der Waals surface area contributed by atoms with Gasteiger partial charge in [-0.05, 0) is 36.2 Å². The number of fused-ring (bicyclic) bond motifs is 1. The standard InChI is InChI=1S/C20H17F2N3O/c21-14-6-4-13(5-7-14)12-25-11-9-18(20(25)26)24-17-8-10-23-19-15(17)2-1-3-16(19)22/h1-8,10,18H,9,11-12H2,(H,23,24). The van der Waals surface area contributed by atoms with Gasteiger partial charge in [0.05, 0.1) is 0 Å². The molecule has 6 heteroatoms. The molecule has 1 saturated heterocycles. The van der Waals surface area contributed by atoms with Crippen molar-refractivity contribution in [2.75, 3.05) is 11.9 Å². The molecule has 3 aromatic rings. The third-order valence-corrected chi connectivity index (χ3v) is 4.64. The van der Waals surface area contributed by atoms with E-state index in [9.17, 15) is 13.6 Å². The van der Waals surface area contributed by atoms with E-state index in [0.29, 0.717) is 30.6 Å². The molecule has 2 heterocycles. The molecule has 4 nitrogen and oxygen atoms in total. The highest BCUT2D eigenvalue weighted by molar-refractivity contribution is 5.94. The molecule has 1 fully saturated rings. The number of benzene rings is 2. The lowest BCUT2D eigenvalue weighted by atomic mass is 10.1. The summed E-state index contributed by atoms with van der Waals surface area (Å²) in [5, 5.41) is 3.88. The Kier molecular flexibility index (Phi) is 4.24. The van der Waals surface area contributed by atoms with Crippen molar-refractivity contribution in [1.29, 1.82) is 0 Å². The number of aromatic nitrogens is 1. The highest BCUT2D eigenvalue weighted by Crippen LogP contribution is 2.26. The number of nitrogens with zero attached hydrogens (tertiary/aromatic N) is 2. The van der Waals surface area contributed by atoms with Crippen LogP contribution >= 0.6 is 0 Å². The van der Waals surface area contributed by atoms with Gasteiger partial charge in [0, 0.05) is 30.4 Å². The Bertz CT molecular complexity index is 959. The maximum absolute atomic E-state index is 13.9. The number of carbonyl (C=O) groups is 1. The number of hydrogen-bond acceptors (Lipinski definition) is 3. The van der Waals surface area contributed by atoms with Gasteiger partial charge in [0.1, 0.15) is 23.2 Å². The zero-order valence-electron chi connectivity index (χ0n) is 14.0. The number of rotatable bonds is 4. The third-order valence-electron chi connectivity index (χ3n) is 4.64. The average molecular weight is 353 g/mol. The van der Waals surface area contributed by atoms with Gasteiger partial charge in [-0.3, -0.25) is 9.78 Å². The van der Waals surface area contributed by atoms with Crippen LogP contribution in [0.4, 0.5) is 14.5 Å². The van der Waals surface area contributed by atoms with Crippen LogP contribution in [-0.4, -0.2) is 28.4 Å². The van der Waals surface area contributed by atoms with Crippen LogP contribution in [0.5, 0.6) is 0 Å². The molecule has 1 atom stereocenters. The molecule has 1 aliphatic heterocycles. The number of hydrogen-bond donors (Lipinski definition) is 1. The second-order valence-electron chi connectivity index (χ2n) is 6.37. The Hall–Kier alpha value is -3.02. The van der Waals surface area contributed by atoms with Gasteiger partial charge in [-0.15, -0.1) is 0 Å². The van der Waals surface area contributed by atoms with Crippen molar-refractivity contribution >= 4 is 22.5 Å². The van der Waals surface area contributed by atoms with Crippen LogP contribution in [0.25, 0.3) is 10.9 Å². The molecule has 1 N–H and O–H groups in total. The summed E-state index contributed by atoms with van der Waals surface area (Å²) in [5.41, 5.74) is 1.86. The number of carbonyl (C=O) groups excluding carboxylic acids is 1. The number of halogens is 2. The molecule has 1 aromatic heterocycles. The molecule has 0 spiro atoms. The first-order valence-electron chi connectivity index (χ1n) is 8.45. The van der Waals surface area contributed by atoms with Gasteiger partial charge in [-0.25, -0.2) is 8.78 Å². The van der Waals surface area contributed by atoms with Crippen molar-refractivity contribution in [1.82, 2.24) is 9.88 Å². The lowest BCUT2D eigenvalue weighted by molar-refractivity contribution is -0.128. The highest BCUT2D eigenvalue weighted by Gasteiger charge is 2.31. The Labute approximate surface area is 149 Å². The molecule has 1 aliphatic rings. The fraction of sp³-hybridized carbons (Fsp3) is 0.200. The van der Waals surface area contributed by atoms with Crippen LogP contribution in [0.3, 0.4) is 0 Å². The summed E-state index contributed by atoms with van der Waals surface area (Å²) in [4.78, 5) is 18.5. The van der Waals surface area contributed by atoms with E-state index in [1.54, 1.807) is 35.2 Å². The van der Waals surface area contributed by atoms with Gasteiger partial charge in [-0.2, -0.15) is 0 Å². The molecule has 1 unspecified atom stereocenters. The van der Waals surface area contributed by atoms with Crippen molar-refractivity contribution in [3.63, 3.8) is 0 Å². The van der Waals surface area contributed by atoms with Crippen molar-refractivity contribution in [2.45, 2.75) is 19.0 Å². The van der Waals surface area contributed by atoms with Crippen LogP contribution in [0.15, 0.2) is 54.7 Å². The minimum Gasteiger partial charge on any atom is -0.373 e. The molecule has 0 saturated carbocycles. The van der Waals surface area contributed by atoms with Gasteiger partial charge in [0.15, 0.2) is 0 Å². The lowest BCUT2D eigenvalue weighted by Crippen LogP contribution is -2.33. The molecule has 2 aromatic carbocycles. The first kappa shape index (κ1) is 16.4. The predicted molar refractivity (Wildman–Crippen MR) is 95.5 cm³/mol. The van der Waals surface area contributed by atoms with Gasteiger partial charge < -0.3 is 10.2 Å². The number of anilines is 1. The second kappa shape index (κ2) is 6.71. The summed E-state index contributed by atoms with van der Waals surface area (Å²) in [7, 11) is 0. The van der Waals surface area contributed by atoms with Gasteiger partial charge in [0.25, 0.3) is 0 Å². The van der Waals surface area contributed by atoms with E-state index in [1.165, 1.54) is 24.4 Å². The van der Waals surface area contributed by atoms with Crippen LogP contribution in [0.2, 0.25) is 0 Å². The maximum Gasteiger partial charge on any atom is 0.245 e. The van der Waals surface area contributed by atoms with Crippen LogP contribution in [-0.2, 0) is 11.3 Å². The van der Waals surface area contributed by atoms with Crippen molar-refractivity contribution < 1.29 is 13.6 Å². The SMILES string of the molecule is O=C1C(Nc2ccnc3c(F)cccc23)CCN1Cc1ccc(F)cc1. The van der Waals surface area contributed by atoms with Crippen LogP contribution in [0, 0.1) is 11.6 Å². The Morgan fingerprint density at radius 3 is 2.73 bits per heavy atom. The largest absolute Gasteiger partial charge is 0.373 e.